The summed E-state index contributed by atoms with van der Waals surface area (Å²) in [5.74, 6) is -0.795. The van der Waals surface area contributed by atoms with Crippen molar-refractivity contribution in [1.29, 1.82) is 0 Å². The third-order valence-electron chi connectivity index (χ3n) is 4.35. The van der Waals surface area contributed by atoms with Crippen LogP contribution in [0.25, 0.3) is 0 Å². The number of nitrogens with zero attached hydrogens (tertiary/aromatic N) is 1. The number of hydrogen-bond acceptors (Lipinski definition) is 3. The second-order valence-corrected chi connectivity index (χ2v) is 6.16. The summed E-state index contributed by atoms with van der Waals surface area (Å²) in [6.45, 7) is 7.51. The lowest BCUT2D eigenvalue weighted by Crippen LogP contribution is -2.26. The summed E-state index contributed by atoms with van der Waals surface area (Å²) in [6.07, 6.45) is 3.68. The Bertz CT molecular complexity index is 423. The predicted molar refractivity (Wildman–Crippen MR) is 74.2 cm³/mol. The Kier molecular flexibility index (Phi) is 4.07. The molecule has 2 heterocycles. The molecule has 0 unspecified atom stereocenters. The zero-order valence-corrected chi connectivity index (χ0v) is 11.9. The van der Waals surface area contributed by atoms with E-state index in [9.17, 15) is 4.79 Å². The van der Waals surface area contributed by atoms with E-state index >= 15 is 0 Å². The first kappa shape index (κ1) is 13.6. The molecule has 0 atom stereocenters. The molecule has 1 aliphatic rings. The van der Waals surface area contributed by atoms with Gasteiger partial charge in [-0.3, -0.25) is 4.90 Å². The van der Waals surface area contributed by atoms with Crippen molar-refractivity contribution in [3.63, 3.8) is 0 Å². The summed E-state index contributed by atoms with van der Waals surface area (Å²) in [6, 6.07) is 1.95. The van der Waals surface area contributed by atoms with Gasteiger partial charge >= 0.3 is 5.97 Å². The lowest BCUT2D eigenvalue weighted by atomic mass is 9.82. The highest BCUT2D eigenvalue weighted by Crippen LogP contribution is 2.37. The molecule has 3 nitrogen and oxygen atoms in total. The molecule has 1 aliphatic heterocycles. The molecule has 0 amide bonds. The summed E-state index contributed by atoms with van der Waals surface area (Å²) in [5.41, 5.74) is 1.43. The number of carbonyl (C=O) groups is 1. The number of hydrogen-bond donors (Lipinski definition) is 1. The third kappa shape index (κ3) is 2.59. The van der Waals surface area contributed by atoms with Gasteiger partial charge in [-0.2, -0.15) is 0 Å². The zero-order chi connectivity index (χ0) is 13.2. The smallest absolute Gasteiger partial charge is 0.346 e. The Balaban J connectivity index is 2.03. The molecular formula is C14H21NO2S. The van der Waals surface area contributed by atoms with Gasteiger partial charge in [-0.25, -0.2) is 4.79 Å². The predicted octanol–water partition coefficient (Wildman–Crippen LogP) is 3.46. The normalized spacial score (nSPS) is 19.2. The Morgan fingerprint density at radius 3 is 2.78 bits per heavy atom. The van der Waals surface area contributed by atoms with Gasteiger partial charge in [0.1, 0.15) is 4.88 Å². The highest BCUT2D eigenvalue weighted by Gasteiger charge is 2.35. The molecule has 1 aromatic heterocycles. The maximum atomic E-state index is 11.1. The van der Waals surface area contributed by atoms with Crippen molar-refractivity contribution in [2.24, 2.45) is 5.41 Å². The van der Waals surface area contributed by atoms with E-state index in [2.05, 4.69) is 18.7 Å². The fraction of sp³-hybridized carbons (Fsp3) is 0.643. The van der Waals surface area contributed by atoms with E-state index in [0.29, 0.717) is 10.3 Å². The lowest BCUT2D eigenvalue weighted by molar-refractivity contribution is 0.0700. The minimum atomic E-state index is -0.795. The van der Waals surface area contributed by atoms with Crippen molar-refractivity contribution in [2.45, 2.75) is 39.7 Å². The average molecular weight is 267 g/mol. The fourth-order valence-electron chi connectivity index (χ4n) is 2.88. The quantitative estimate of drug-likeness (QED) is 0.888. The topological polar surface area (TPSA) is 40.5 Å². The molecule has 0 saturated carbocycles. The Labute approximate surface area is 112 Å². The molecule has 0 radical (unpaired) electrons. The lowest BCUT2D eigenvalue weighted by Gasteiger charge is -2.26. The van der Waals surface area contributed by atoms with Gasteiger partial charge in [-0.1, -0.05) is 13.8 Å². The summed E-state index contributed by atoms with van der Waals surface area (Å²) < 4.78 is 0. The Morgan fingerprint density at radius 1 is 1.50 bits per heavy atom. The molecule has 4 heteroatoms. The maximum absolute atomic E-state index is 11.1. The van der Waals surface area contributed by atoms with Gasteiger partial charge in [0.05, 0.1) is 0 Å². The monoisotopic (exact) mass is 267 g/mol. The van der Waals surface area contributed by atoms with E-state index in [1.165, 1.54) is 30.6 Å². The number of rotatable bonds is 5. The number of carboxylic acid groups (broad SMARTS) is 1. The van der Waals surface area contributed by atoms with Crippen LogP contribution in [0.5, 0.6) is 0 Å². The Hall–Kier alpha value is -0.870. The van der Waals surface area contributed by atoms with Gasteiger partial charge in [0.25, 0.3) is 0 Å². The van der Waals surface area contributed by atoms with Crippen molar-refractivity contribution in [3.05, 3.63) is 21.9 Å². The van der Waals surface area contributed by atoms with Crippen molar-refractivity contribution < 1.29 is 9.90 Å². The highest BCUT2D eigenvalue weighted by atomic mass is 32.1. The molecule has 0 spiro atoms. The standard InChI is InChI=1S/C14H21NO2S/c1-3-14(4-2)6-7-15(10-14)9-11-5-8-18-12(11)13(16)17/h5,8H,3-4,6-7,9-10H2,1-2H3,(H,16,17). The number of thiophene rings is 1. The molecule has 1 fully saturated rings. The second kappa shape index (κ2) is 5.41. The van der Waals surface area contributed by atoms with Crippen molar-refractivity contribution >= 4 is 17.3 Å². The van der Waals surface area contributed by atoms with Gasteiger partial charge in [0, 0.05) is 13.1 Å². The van der Waals surface area contributed by atoms with E-state index in [0.717, 1.165) is 25.2 Å². The molecule has 1 N–H and O–H groups in total. The summed E-state index contributed by atoms with van der Waals surface area (Å²) in [4.78, 5) is 14.0. The van der Waals surface area contributed by atoms with Crippen LogP contribution in [0.15, 0.2) is 11.4 Å². The number of likely N-dealkylation sites (tertiary alicyclic amines) is 1. The summed E-state index contributed by atoms with van der Waals surface area (Å²) in [5, 5.41) is 11.0. The SMILES string of the molecule is CCC1(CC)CCN(Cc2ccsc2C(=O)O)C1. The average Bonchev–Trinajstić information content (AvgIpc) is 2.97. The molecule has 0 aromatic carbocycles. The van der Waals surface area contributed by atoms with Crippen LogP contribution in [-0.2, 0) is 6.54 Å². The van der Waals surface area contributed by atoms with E-state index in [-0.39, 0.29) is 0 Å². The van der Waals surface area contributed by atoms with Gasteiger partial charge in [-0.05, 0) is 48.2 Å². The molecule has 100 valence electrons. The van der Waals surface area contributed by atoms with E-state index in [4.69, 9.17) is 5.11 Å². The highest BCUT2D eigenvalue weighted by molar-refractivity contribution is 7.12. The zero-order valence-electron chi connectivity index (χ0n) is 11.1. The first-order valence-electron chi connectivity index (χ1n) is 6.62. The van der Waals surface area contributed by atoms with Crippen LogP contribution in [-0.4, -0.2) is 29.1 Å². The molecular weight excluding hydrogens is 246 g/mol. The molecule has 1 aromatic rings. The van der Waals surface area contributed by atoms with Crippen LogP contribution in [0.3, 0.4) is 0 Å². The largest absolute Gasteiger partial charge is 0.477 e. The van der Waals surface area contributed by atoms with E-state index in [1.54, 1.807) is 0 Å². The van der Waals surface area contributed by atoms with Crippen LogP contribution in [0.1, 0.15) is 48.3 Å². The van der Waals surface area contributed by atoms with Crippen LogP contribution in [0, 0.1) is 5.41 Å². The molecule has 0 bridgehead atoms. The van der Waals surface area contributed by atoms with Crippen LogP contribution < -0.4 is 0 Å². The summed E-state index contributed by atoms with van der Waals surface area (Å²) in [7, 11) is 0. The molecule has 1 saturated heterocycles. The van der Waals surface area contributed by atoms with Crippen LogP contribution >= 0.6 is 11.3 Å². The van der Waals surface area contributed by atoms with E-state index < -0.39 is 5.97 Å². The fourth-order valence-corrected chi connectivity index (χ4v) is 3.63. The molecule has 18 heavy (non-hydrogen) atoms. The molecule has 0 aliphatic carbocycles. The van der Waals surface area contributed by atoms with Crippen molar-refractivity contribution in [3.8, 4) is 0 Å². The van der Waals surface area contributed by atoms with Crippen LogP contribution in [0.4, 0.5) is 0 Å². The number of carboxylic acids is 1. The van der Waals surface area contributed by atoms with Crippen LogP contribution in [0.2, 0.25) is 0 Å². The van der Waals surface area contributed by atoms with Gasteiger partial charge in [0.2, 0.25) is 0 Å². The van der Waals surface area contributed by atoms with Crippen molar-refractivity contribution in [2.75, 3.05) is 13.1 Å². The minimum Gasteiger partial charge on any atom is -0.477 e. The first-order valence-corrected chi connectivity index (χ1v) is 7.50. The summed E-state index contributed by atoms with van der Waals surface area (Å²) >= 11 is 1.33. The molecule has 2 rings (SSSR count). The van der Waals surface area contributed by atoms with E-state index in [1.807, 2.05) is 11.4 Å². The maximum Gasteiger partial charge on any atom is 0.346 e. The second-order valence-electron chi connectivity index (χ2n) is 5.25. The van der Waals surface area contributed by atoms with Gasteiger partial charge < -0.3 is 5.11 Å². The van der Waals surface area contributed by atoms with Gasteiger partial charge in [0.15, 0.2) is 0 Å². The van der Waals surface area contributed by atoms with Gasteiger partial charge in [-0.15, -0.1) is 11.3 Å². The van der Waals surface area contributed by atoms with Crippen molar-refractivity contribution in [1.82, 2.24) is 4.90 Å². The minimum absolute atomic E-state index is 0.458. The number of aromatic carboxylic acids is 1. The third-order valence-corrected chi connectivity index (χ3v) is 5.30. The Morgan fingerprint density at radius 2 is 2.22 bits per heavy atom. The first-order chi connectivity index (χ1) is 8.60.